The molecule has 1 rings (SSSR count). The summed E-state index contributed by atoms with van der Waals surface area (Å²) in [7, 11) is 0. The van der Waals surface area contributed by atoms with Crippen molar-refractivity contribution in [3.8, 4) is 6.07 Å². The third-order valence-electron chi connectivity index (χ3n) is 2.09. The molecule has 0 bridgehead atoms. The zero-order valence-corrected chi connectivity index (χ0v) is 7.88. The molecule has 0 spiro atoms. The van der Waals surface area contributed by atoms with Gasteiger partial charge in [-0.15, -0.1) is 0 Å². The van der Waals surface area contributed by atoms with Crippen LogP contribution in [0.3, 0.4) is 0 Å². The van der Waals surface area contributed by atoms with Gasteiger partial charge < -0.3 is 5.73 Å². The average molecular weight is 174 g/mol. The molecule has 0 unspecified atom stereocenters. The molecule has 0 fully saturated rings. The van der Waals surface area contributed by atoms with E-state index in [2.05, 4.69) is 24.3 Å². The van der Waals surface area contributed by atoms with Gasteiger partial charge in [0.2, 0.25) is 0 Å². The summed E-state index contributed by atoms with van der Waals surface area (Å²) in [4.78, 5) is 0. The molecule has 0 amide bonds. The maximum absolute atomic E-state index is 8.46. The van der Waals surface area contributed by atoms with Gasteiger partial charge in [-0.1, -0.05) is 23.8 Å². The molecule has 68 valence electrons. The second-order valence-electron chi connectivity index (χ2n) is 3.13. The summed E-state index contributed by atoms with van der Waals surface area (Å²) in [6.45, 7) is 2.61. The van der Waals surface area contributed by atoms with E-state index in [0.717, 1.165) is 12.0 Å². The van der Waals surface area contributed by atoms with Crippen LogP contribution in [0.2, 0.25) is 0 Å². The Morgan fingerprint density at radius 2 is 2.15 bits per heavy atom. The second-order valence-corrected chi connectivity index (χ2v) is 3.13. The van der Waals surface area contributed by atoms with Crippen molar-refractivity contribution >= 4 is 0 Å². The third-order valence-corrected chi connectivity index (χ3v) is 2.09. The van der Waals surface area contributed by atoms with E-state index in [1.54, 1.807) is 0 Å². The monoisotopic (exact) mass is 174 g/mol. The minimum atomic E-state index is 0.558. The van der Waals surface area contributed by atoms with Crippen molar-refractivity contribution in [3.05, 3.63) is 34.9 Å². The van der Waals surface area contributed by atoms with Gasteiger partial charge in [0.25, 0.3) is 0 Å². The lowest BCUT2D eigenvalue weighted by Crippen LogP contribution is -2.01. The maximum Gasteiger partial charge on any atom is 0.0625 e. The van der Waals surface area contributed by atoms with Gasteiger partial charge in [0.15, 0.2) is 0 Å². The Labute approximate surface area is 79.0 Å². The number of benzene rings is 1. The zero-order chi connectivity index (χ0) is 9.68. The number of aryl methyl sites for hydroxylation is 2. The topological polar surface area (TPSA) is 49.8 Å². The summed E-state index contributed by atoms with van der Waals surface area (Å²) in [5.74, 6) is 0. The lowest BCUT2D eigenvalue weighted by molar-refractivity contribution is 0.950. The van der Waals surface area contributed by atoms with Gasteiger partial charge in [-0.05, 0) is 24.5 Å². The first kappa shape index (κ1) is 9.76. The highest BCUT2D eigenvalue weighted by Crippen LogP contribution is 2.12. The fourth-order valence-corrected chi connectivity index (χ4v) is 1.38. The van der Waals surface area contributed by atoms with E-state index < -0.39 is 0 Å². The van der Waals surface area contributed by atoms with E-state index in [1.807, 2.05) is 6.92 Å². The molecular weight excluding hydrogens is 160 g/mol. The normalized spacial score (nSPS) is 9.62. The van der Waals surface area contributed by atoms with Crippen LogP contribution >= 0.6 is 0 Å². The Morgan fingerprint density at radius 3 is 2.77 bits per heavy atom. The lowest BCUT2D eigenvalue weighted by atomic mass is 10.0. The highest BCUT2D eigenvalue weighted by atomic mass is 14.5. The Morgan fingerprint density at radius 1 is 1.38 bits per heavy atom. The first-order chi connectivity index (χ1) is 6.27. The highest BCUT2D eigenvalue weighted by molar-refractivity contribution is 5.31. The Balaban J connectivity index is 2.87. The summed E-state index contributed by atoms with van der Waals surface area (Å²) in [5.41, 5.74) is 9.20. The molecule has 1 aromatic rings. The van der Waals surface area contributed by atoms with Crippen LogP contribution in [0, 0.1) is 18.3 Å². The van der Waals surface area contributed by atoms with Crippen LogP contribution in [-0.4, -0.2) is 0 Å². The number of rotatable bonds is 3. The predicted molar refractivity (Wildman–Crippen MR) is 53.0 cm³/mol. The summed E-state index contributed by atoms with van der Waals surface area (Å²) < 4.78 is 0. The molecule has 0 atom stereocenters. The maximum atomic E-state index is 8.46. The first-order valence-corrected chi connectivity index (χ1v) is 4.43. The Bertz CT molecular complexity index is 323. The van der Waals surface area contributed by atoms with Gasteiger partial charge in [-0.25, -0.2) is 0 Å². The molecule has 0 saturated carbocycles. The van der Waals surface area contributed by atoms with Crippen molar-refractivity contribution < 1.29 is 0 Å². The van der Waals surface area contributed by atoms with Gasteiger partial charge in [0, 0.05) is 13.0 Å². The summed E-state index contributed by atoms with van der Waals surface area (Å²) >= 11 is 0. The Kier molecular flexibility index (Phi) is 3.48. The summed E-state index contributed by atoms with van der Waals surface area (Å²) in [5, 5.41) is 8.46. The van der Waals surface area contributed by atoms with Crippen LogP contribution in [0.15, 0.2) is 18.2 Å². The van der Waals surface area contributed by atoms with Crippen molar-refractivity contribution in [2.75, 3.05) is 0 Å². The molecule has 0 aliphatic carbocycles. The smallest absolute Gasteiger partial charge is 0.0625 e. The minimum absolute atomic E-state index is 0.558. The van der Waals surface area contributed by atoms with Gasteiger partial charge in [-0.3, -0.25) is 0 Å². The number of nitrogens with zero attached hydrogens (tertiary/aromatic N) is 1. The van der Waals surface area contributed by atoms with E-state index in [9.17, 15) is 0 Å². The van der Waals surface area contributed by atoms with Gasteiger partial charge in [0.05, 0.1) is 6.07 Å². The van der Waals surface area contributed by atoms with Gasteiger partial charge in [-0.2, -0.15) is 5.26 Å². The molecule has 2 nitrogen and oxygen atoms in total. The van der Waals surface area contributed by atoms with E-state index in [0.29, 0.717) is 13.0 Å². The van der Waals surface area contributed by atoms with Crippen molar-refractivity contribution in [1.82, 2.24) is 0 Å². The van der Waals surface area contributed by atoms with Crippen molar-refractivity contribution in [2.45, 2.75) is 26.3 Å². The average Bonchev–Trinajstić information content (AvgIpc) is 2.16. The van der Waals surface area contributed by atoms with Crippen LogP contribution in [0.1, 0.15) is 23.1 Å². The molecule has 0 heterocycles. The molecule has 0 aliphatic heterocycles. The third kappa shape index (κ3) is 2.57. The van der Waals surface area contributed by atoms with Crippen LogP contribution < -0.4 is 5.73 Å². The van der Waals surface area contributed by atoms with Crippen LogP contribution in [0.4, 0.5) is 0 Å². The van der Waals surface area contributed by atoms with Crippen LogP contribution in [0.25, 0.3) is 0 Å². The molecule has 0 saturated heterocycles. The van der Waals surface area contributed by atoms with Crippen LogP contribution in [0.5, 0.6) is 0 Å². The number of hydrogen-bond acceptors (Lipinski definition) is 2. The van der Waals surface area contributed by atoms with Crippen molar-refractivity contribution in [2.24, 2.45) is 5.73 Å². The van der Waals surface area contributed by atoms with E-state index in [4.69, 9.17) is 11.0 Å². The number of nitrogens with two attached hydrogens (primary N) is 1. The van der Waals surface area contributed by atoms with Crippen molar-refractivity contribution in [1.29, 1.82) is 5.26 Å². The van der Waals surface area contributed by atoms with Crippen molar-refractivity contribution in [3.63, 3.8) is 0 Å². The van der Waals surface area contributed by atoms with E-state index in [1.165, 1.54) is 11.1 Å². The molecule has 2 N–H and O–H groups in total. The molecule has 0 radical (unpaired) electrons. The molecule has 1 aromatic carbocycles. The quantitative estimate of drug-likeness (QED) is 0.761. The molecule has 13 heavy (non-hydrogen) atoms. The molecular formula is C11H14N2. The largest absolute Gasteiger partial charge is 0.326 e. The highest BCUT2D eigenvalue weighted by Gasteiger charge is 2.00. The van der Waals surface area contributed by atoms with E-state index in [-0.39, 0.29) is 0 Å². The molecule has 0 aliphatic rings. The zero-order valence-electron chi connectivity index (χ0n) is 7.88. The lowest BCUT2D eigenvalue weighted by Gasteiger charge is -2.06. The minimum Gasteiger partial charge on any atom is -0.326 e. The fraction of sp³-hybridized carbons (Fsp3) is 0.364. The summed E-state index contributed by atoms with van der Waals surface area (Å²) in [6.07, 6.45) is 1.37. The first-order valence-electron chi connectivity index (χ1n) is 4.43. The predicted octanol–water partition coefficient (Wildman–Crippen LogP) is 1.91. The molecule has 2 heteroatoms. The number of hydrogen-bond donors (Lipinski definition) is 1. The van der Waals surface area contributed by atoms with Gasteiger partial charge >= 0.3 is 0 Å². The molecule has 0 aromatic heterocycles. The van der Waals surface area contributed by atoms with E-state index >= 15 is 0 Å². The summed E-state index contributed by atoms with van der Waals surface area (Å²) in [6, 6.07) is 8.36. The van der Waals surface area contributed by atoms with Crippen LogP contribution in [-0.2, 0) is 13.0 Å². The standard InChI is InChI=1S/C11H14N2/c1-9-4-5-10(3-2-6-12)11(7-9)8-13/h4-5,7H,2-3,8,13H2,1H3. The Hall–Kier alpha value is -1.33. The SMILES string of the molecule is Cc1ccc(CCC#N)c(CN)c1. The number of nitriles is 1. The van der Waals surface area contributed by atoms with Gasteiger partial charge in [0.1, 0.15) is 0 Å². The second kappa shape index (κ2) is 4.64. The fourth-order valence-electron chi connectivity index (χ4n) is 1.38.